The molecule has 5 rings (SSSR count). The molecule has 37 heavy (non-hydrogen) atoms. The first kappa shape index (κ1) is 24.5. The number of piperidine rings is 1. The molecule has 1 aliphatic rings. The molecule has 4 aromatic heterocycles. The number of hydrogen-bond donors (Lipinski definition) is 3. The molecule has 0 bridgehead atoms. The fourth-order valence-corrected chi connectivity index (χ4v) is 4.27. The van der Waals surface area contributed by atoms with Gasteiger partial charge in [-0.25, -0.2) is 19.9 Å². The summed E-state index contributed by atoms with van der Waals surface area (Å²) < 4.78 is 39.7. The second-order valence-electron chi connectivity index (χ2n) is 9.02. The van der Waals surface area contributed by atoms with Crippen molar-refractivity contribution in [1.82, 2.24) is 29.8 Å². The zero-order valence-corrected chi connectivity index (χ0v) is 20.0. The molecule has 1 aliphatic heterocycles. The average Bonchev–Trinajstić information content (AvgIpc) is 3.32. The Labute approximate surface area is 210 Å². The lowest BCUT2D eigenvalue weighted by Crippen LogP contribution is -2.36. The molecule has 0 spiro atoms. The summed E-state index contributed by atoms with van der Waals surface area (Å²) in [6.45, 7) is 2.50. The number of alkyl halides is 3. The van der Waals surface area contributed by atoms with E-state index in [1.165, 1.54) is 12.4 Å². The lowest BCUT2D eigenvalue weighted by Gasteiger charge is -2.29. The molecule has 4 aromatic rings. The average molecular weight is 508 g/mol. The summed E-state index contributed by atoms with van der Waals surface area (Å²) in [4.78, 5) is 22.1. The maximum atomic E-state index is 13.2. The number of aromatic amines is 1. The van der Waals surface area contributed by atoms with Crippen LogP contribution in [0.2, 0.25) is 0 Å². The van der Waals surface area contributed by atoms with Crippen LogP contribution in [0.4, 0.5) is 24.9 Å². The van der Waals surface area contributed by atoms with Crippen LogP contribution in [0.25, 0.3) is 22.3 Å². The van der Waals surface area contributed by atoms with Gasteiger partial charge in [-0.3, -0.25) is 0 Å². The number of anilines is 2. The molecular formula is C25H24F3N9. The lowest BCUT2D eigenvalue weighted by molar-refractivity contribution is -0.137. The Morgan fingerprint density at radius 2 is 1.95 bits per heavy atom. The minimum Gasteiger partial charge on any atom is -0.367 e. The Hall–Kier alpha value is -4.24. The van der Waals surface area contributed by atoms with Gasteiger partial charge in [0.05, 0.1) is 23.0 Å². The first-order valence-electron chi connectivity index (χ1n) is 11.8. The third kappa shape index (κ3) is 5.46. The molecule has 5 heterocycles. The van der Waals surface area contributed by atoms with Crippen molar-refractivity contribution in [2.24, 2.45) is 0 Å². The van der Waals surface area contributed by atoms with E-state index in [9.17, 15) is 18.4 Å². The van der Waals surface area contributed by atoms with Crippen LogP contribution in [0, 0.1) is 11.3 Å². The highest BCUT2D eigenvalue weighted by Crippen LogP contribution is 2.34. The molecule has 0 unspecified atom stereocenters. The molecule has 0 aliphatic carbocycles. The minimum absolute atomic E-state index is 0.134. The van der Waals surface area contributed by atoms with E-state index in [4.69, 9.17) is 0 Å². The van der Waals surface area contributed by atoms with Crippen LogP contribution in [0.1, 0.15) is 29.5 Å². The number of nitriles is 1. The van der Waals surface area contributed by atoms with Gasteiger partial charge in [0.2, 0.25) is 5.95 Å². The third-order valence-electron chi connectivity index (χ3n) is 6.37. The molecule has 0 atom stereocenters. The van der Waals surface area contributed by atoms with Gasteiger partial charge in [-0.15, -0.1) is 0 Å². The first-order chi connectivity index (χ1) is 17.8. The topological polar surface area (TPSA) is 118 Å². The van der Waals surface area contributed by atoms with Crippen LogP contribution in [0.15, 0.2) is 43.0 Å². The number of rotatable bonds is 6. The molecule has 12 heteroatoms. The summed E-state index contributed by atoms with van der Waals surface area (Å²) in [5.41, 5.74) is 0.960. The molecule has 3 N–H and O–H groups in total. The molecule has 0 radical (unpaired) electrons. The van der Waals surface area contributed by atoms with E-state index in [1.807, 2.05) is 18.2 Å². The van der Waals surface area contributed by atoms with E-state index in [-0.39, 0.29) is 28.2 Å². The van der Waals surface area contributed by atoms with E-state index >= 15 is 0 Å². The number of aromatic nitrogens is 5. The van der Waals surface area contributed by atoms with E-state index in [0.717, 1.165) is 49.6 Å². The zero-order valence-electron chi connectivity index (χ0n) is 20.0. The molecule has 0 saturated carbocycles. The Bertz CT molecular complexity index is 1430. The van der Waals surface area contributed by atoms with E-state index in [2.05, 4.69) is 47.5 Å². The van der Waals surface area contributed by atoms with Gasteiger partial charge in [0.15, 0.2) is 0 Å². The Balaban J connectivity index is 1.32. The Morgan fingerprint density at radius 3 is 2.65 bits per heavy atom. The van der Waals surface area contributed by atoms with Gasteiger partial charge in [-0.05, 0) is 50.7 Å². The van der Waals surface area contributed by atoms with E-state index < -0.39 is 11.7 Å². The summed E-state index contributed by atoms with van der Waals surface area (Å²) in [6.07, 6.45) is 2.97. The summed E-state index contributed by atoms with van der Waals surface area (Å²) in [7, 11) is 2.12. The van der Waals surface area contributed by atoms with Crippen molar-refractivity contribution in [3.8, 4) is 17.3 Å². The summed E-state index contributed by atoms with van der Waals surface area (Å²) >= 11 is 0. The fraction of sp³-hybridized carbons (Fsp3) is 0.320. The molecular weight excluding hydrogens is 483 g/mol. The van der Waals surface area contributed by atoms with Crippen LogP contribution < -0.4 is 10.6 Å². The normalized spacial score (nSPS) is 15.0. The van der Waals surface area contributed by atoms with Crippen molar-refractivity contribution in [2.45, 2.75) is 31.6 Å². The molecule has 190 valence electrons. The van der Waals surface area contributed by atoms with Gasteiger partial charge in [-0.1, -0.05) is 6.07 Å². The van der Waals surface area contributed by atoms with Crippen molar-refractivity contribution in [3.63, 3.8) is 0 Å². The molecule has 0 amide bonds. The molecule has 0 aromatic carbocycles. The van der Waals surface area contributed by atoms with Crippen LogP contribution in [-0.2, 0) is 12.7 Å². The van der Waals surface area contributed by atoms with E-state index in [0.29, 0.717) is 18.2 Å². The predicted molar refractivity (Wildman–Crippen MR) is 133 cm³/mol. The number of pyridine rings is 2. The van der Waals surface area contributed by atoms with Gasteiger partial charge < -0.3 is 20.5 Å². The lowest BCUT2D eigenvalue weighted by atomic mass is 10.1. The fourth-order valence-electron chi connectivity index (χ4n) is 4.27. The molecule has 9 nitrogen and oxygen atoms in total. The number of nitrogens with one attached hydrogen (secondary N) is 3. The van der Waals surface area contributed by atoms with Crippen LogP contribution in [-0.4, -0.2) is 56.0 Å². The van der Waals surface area contributed by atoms with Crippen LogP contribution in [0.5, 0.6) is 0 Å². The monoisotopic (exact) mass is 507 g/mol. The molecule has 1 fully saturated rings. The molecule has 1 saturated heterocycles. The zero-order chi connectivity index (χ0) is 26.0. The smallest absolute Gasteiger partial charge is 0.367 e. The summed E-state index contributed by atoms with van der Waals surface area (Å²) in [5, 5.41) is 16.3. The van der Waals surface area contributed by atoms with Crippen LogP contribution in [0.3, 0.4) is 0 Å². The first-order valence-corrected chi connectivity index (χ1v) is 11.8. The minimum atomic E-state index is -4.54. The Morgan fingerprint density at radius 1 is 1.14 bits per heavy atom. The van der Waals surface area contributed by atoms with Crippen molar-refractivity contribution in [2.75, 3.05) is 30.8 Å². The largest absolute Gasteiger partial charge is 0.417 e. The number of halogens is 3. The van der Waals surface area contributed by atoms with Gasteiger partial charge in [-0.2, -0.15) is 18.4 Å². The maximum absolute atomic E-state index is 13.2. The second-order valence-corrected chi connectivity index (χ2v) is 9.02. The van der Waals surface area contributed by atoms with Gasteiger partial charge in [0.1, 0.15) is 17.5 Å². The van der Waals surface area contributed by atoms with E-state index in [1.54, 1.807) is 6.20 Å². The predicted octanol–water partition coefficient (Wildman–Crippen LogP) is 4.42. The summed E-state index contributed by atoms with van der Waals surface area (Å²) in [6, 6.07) is 7.29. The highest BCUT2D eigenvalue weighted by atomic mass is 19.4. The Kier molecular flexibility index (Phi) is 6.62. The van der Waals surface area contributed by atoms with Crippen molar-refractivity contribution in [3.05, 3.63) is 59.7 Å². The standard InChI is InChI=1S/C25H24F3N9/c1-37-6-4-18(5-7-37)35-21-3-2-15(10-30-21)11-33-24-34-12-16(9-29)22(36-24)20-14-32-23-19(20)8-17(13-31-23)25(26,27)28/h2-3,8,10,12-14,18H,4-7,11H2,1H3,(H,30,35)(H,31,32)(H,33,34,36). The van der Waals surface area contributed by atoms with Crippen molar-refractivity contribution < 1.29 is 13.2 Å². The number of fused-ring (bicyclic) bond motifs is 1. The number of likely N-dealkylation sites (tertiary alicyclic amines) is 1. The van der Waals surface area contributed by atoms with Crippen molar-refractivity contribution >= 4 is 22.8 Å². The van der Waals surface area contributed by atoms with Gasteiger partial charge in [0, 0.05) is 42.1 Å². The highest BCUT2D eigenvalue weighted by molar-refractivity contribution is 5.94. The third-order valence-corrected chi connectivity index (χ3v) is 6.37. The summed E-state index contributed by atoms with van der Waals surface area (Å²) in [5.74, 6) is 1.05. The quantitative estimate of drug-likeness (QED) is 0.351. The number of H-pyrrole nitrogens is 1. The van der Waals surface area contributed by atoms with Crippen LogP contribution >= 0.6 is 0 Å². The second kappa shape index (κ2) is 10.0. The highest BCUT2D eigenvalue weighted by Gasteiger charge is 2.31. The van der Waals surface area contributed by atoms with Crippen molar-refractivity contribution in [1.29, 1.82) is 5.26 Å². The van der Waals surface area contributed by atoms with Gasteiger partial charge in [0.25, 0.3) is 0 Å². The SMILES string of the molecule is CN1CCC(Nc2ccc(CNc3ncc(C#N)c(-c4c[nH]c5ncc(C(F)(F)F)cc45)n3)cn2)CC1. The number of hydrogen-bond acceptors (Lipinski definition) is 8. The maximum Gasteiger partial charge on any atom is 0.417 e. The number of nitrogens with zero attached hydrogens (tertiary/aromatic N) is 6. The van der Waals surface area contributed by atoms with Gasteiger partial charge >= 0.3 is 6.18 Å².